The molecule has 172 valence electrons. The fourth-order valence-corrected chi connectivity index (χ4v) is 5.23. The first-order valence-corrected chi connectivity index (χ1v) is 11.4. The van der Waals surface area contributed by atoms with Gasteiger partial charge in [0.25, 0.3) is 0 Å². The lowest BCUT2D eigenvalue weighted by molar-refractivity contribution is -0.259. The molecule has 0 amide bonds. The van der Waals surface area contributed by atoms with Gasteiger partial charge >= 0.3 is 6.18 Å². The zero-order valence-corrected chi connectivity index (χ0v) is 18.9. The summed E-state index contributed by atoms with van der Waals surface area (Å²) in [6.07, 6.45) is -3.07. The van der Waals surface area contributed by atoms with Crippen LogP contribution < -0.4 is 4.90 Å². The van der Waals surface area contributed by atoms with Gasteiger partial charge in [-0.25, -0.2) is 18.4 Å². The fourth-order valence-electron chi connectivity index (χ4n) is 3.20. The van der Waals surface area contributed by atoms with Gasteiger partial charge in [0.2, 0.25) is 16.0 Å². The third-order valence-electron chi connectivity index (χ3n) is 5.15. The second kappa shape index (κ2) is 8.90. The number of nitrogens with zero attached hydrogens (tertiary/aromatic N) is 4. The van der Waals surface area contributed by atoms with Gasteiger partial charge in [-0.2, -0.15) is 17.5 Å². The minimum absolute atomic E-state index is 0.0106. The standard InChI is InChI=1S/C20H21F3N4O3S2/c1-3-6-15-13-26(32(29,30)17-8-5-4-7-16(17)31)9-10-27(15)18-24-11-14(12-25-18)19(2,28)20(21,22)23/h4-5,7-8,11-12,15,28,31H,9-10,13H2,1-2H3/t15-,19+/m1/s1. The first-order valence-electron chi connectivity index (χ1n) is 9.48. The van der Waals surface area contributed by atoms with Crippen LogP contribution in [0.3, 0.4) is 0 Å². The first-order chi connectivity index (χ1) is 14.9. The summed E-state index contributed by atoms with van der Waals surface area (Å²) in [6.45, 7) is 2.50. The number of anilines is 1. The summed E-state index contributed by atoms with van der Waals surface area (Å²) in [5, 5.41) is 9.79. The average Bonchev–Trinajstić information content (AvgIpc) is 2.73. The maximum Gasteiger partial charge on any atom is 0.421 e. The van der Waals surface area contributed by atoms with Gasteiger partial charge < -0.3 is 10.0 Å². The Hall–Kier alpha value is -2.33. The molecule has 2 atom stereocenters. The Morgan fingerprint density at radius 2 is 1.81 bits per heavy atom. The number of hydrogen-bond acceptors (Lipinski definition) is 7. The summed E-state index contributed by atoms with van der Waals surface area (Å²) in [7, 11) is -3.83. The first kappa shape index (κ1) is 24.3. The van der Waals surface area contributed by atoms with Crippen LogP contribution in [0.25, 0.3) is 0 Å². The normalized spacial score (nSPS) is 19.7. The highest BCUT2D eigenvalue weighted by Crippen LogP contribution is 2.38. The molecule has 0 radical (unpaired) electrons. The Bertz CT molecular complexity index is 1140. The maximum atomic E-state index is 13.1. The third-order valence-corrected chi connectivity index (χ3v) is 7.61. The van der Waals surface area contributed by atoms with E-state index in [0.29, 0.717) is 11.8 Å². The molecule has 1 aromatic carbocycles. The summed E-state index contributed by atoms with van der Waals surface area (Å²) < 4.78 is 66.7. The van der Waals surface area contributed by atoms with Gasteiger partial charge in [0.05, 0.1) is 4.90 Å². The number of sulfonamides is 1. The van der Waals surface area contributed by atoms with E-state index in [1.54, 1.807) is 30.0 Å². The van der Waals surface area contributed by atoms with Crippen LogP contribution in [0.5, 0.6) is 0 Å². The van der Waals surface area contributed by atoms with Crippen molar-refractivity contribution >= 4 is 28.6 Å². The highest BCUT2D eigenvalue weighted by Gasteiger charge is 2.51. The number of alkyl halides is 3. The number of halogens is 3. The van der Waals surface area contributed by atoms with Gasteiger partial charge in [0, 0.05) is 42.5 Å². The van der Waals surface area contributed by atoms with E-state index in [9.17, 15) is 26.7 Å². The fraction of sp³-hybridized carbons (Fsp3) is 0.400. The molecule has 1 N–H and O–H groups in total. The van der Waals surface area contributed by atoms with Crippen molar-refractivity contribution in [1.29, 1.82) is 0 Å². The molecule has 12 heteroatoms. The topological polar surface area (TPSA) is 86.6 Å². The molecule has 7 nitrogen and oxygen atoms in total. The SMILES string of the molecule is CC#C[C@@H]1CN(S(=O)(=O)c2ccccc2S)CCN1c1ncc([C@](C)(O)C(F)(F)F)cn1. The van der Waals surface area contributed by atoms with Crippen LogP contribution in [0.4, 0.5) is 19.1 Å². The predicted molar refractivity (Wildman–Crippen MR) is 115 cm³/mol. The molecule has 0 saturated carbocycles. The van der Waals surface area contributed by atoms with E-state index in [4.69, 9.17) is 0 Å². The zero-order chi connectivity index (χ0) is 23.7. The molecule has 0 unspecified atom stereocenters. The van der Waals surface area contributed by atoms with Crippen molar-refractivity contribution < 1.29 is 26.7 Å². The molecule has 0 spiro atoms. The Morgan fingerprint density at radius 3 is 2.38 bits per heavy atom. The molecule has 1 fully saturated rings. The molecule has 2 aromatic rings. The number of aromatic nitrogens is 2. The second-order valence-electron chi connectivity index (χ2n) is 7.28. The van der Waals surface area contributed by atoms with Crippen molar-refractivity contribution in [2.75, 3.05) is 24.5 Å². The number of piperazine rings is 1. The number of benzene rings is 1. The van der Waals surface area contributed by atoms with Crippen LogP contribution in [0, 0.1) is 11.8 Å². The average molecular weight is 487 g/mol. The highest BCUT2D eigenvalue weighted by molar-refractivity contribution is 7.90. The van der Waals surface area contributed by atoms with Gasteiger partial charge in [0.1, 0.15) is 6.04 Å². The Morgan fingerprint density at radius 1 is 1.19 bits per heavy atom. The van der Waals surface area contributed by atoms with Gasteiger partial charge in [0.15, 0.2) is 5.60 Å². The monoisotopic (exact) mass is 486 g/mol. The molecule has 0 bridgehead atoms. The van der Waals surface area contributed by atoms with Crippen molar-refractivity contribution in [3.8, 4) is 11.8 Å². The van der Waals surface area contributed by atoms with Crippen LogP contribution in [0.15, 0.2) is 46.5 Å². The van der Waals surface area contributed by atoms with Gasteiger partial charge in [-0.05, 0) is 26.0 Å². The molecule has 0 aliphatic carbocycles. The number of thiol groups is 1. The molecular weight excluding hydrogens is 465 g/mol. The van der Waals surface area contributed by atoms with E-state index < -0.39 is 33.4 Å². The van der Waals surface area contributed by atoms with E-state index in [0.717, 1.165) is 12.4 Å². The molecule has 2 heterocycles. The van der Waals surface area contributed by atoms with Crippen LogP contribution >= 0.6 is 12.6 Å². The van der Waals surface area contributed by atoms with Crippen molar-refractivity contribution in [2.24, 2.45) is 0 Å². The third kappa shape index (κ3) is 4.56. The van der Waals surface area contributed by atoms with Crippen molar-refractivity contribution in [3.05, 3.63) is 42.2 Å². The van der Waals surface area contributed by atoms with Crippen molar-refractivity contribution in [3.63, 3.8) is 0 Å². The van der Waals surface area contributed by atoms with Crippen molar-refractivity contribution in [2.45, 2.75) is 41.5 Å². The predicted octanol–water partition coefficient (Wildman–Crippen LogP) is 2.44. The summed E-state index contributed by atoms with van der Waals surface area (Å²) in [4.78, 5) is 9.99. The maximum absolute atomic E-state index is 13.1. The summed E-state index contributed by atoms with van der Waals surface area (Å²) >= 11 is 4.24. The molecule has 1 saturated heterocycles. The lowest BCUT2D eigenvalue weighted by atomic mass is 9.99. The van der Waals surface area contributed by atoms with Crippen LogP contribution in [-0.4, -0.2) is 59.6 Å². The number of hydrogen-bond donors (Lipinski definition) is 2. The van der Waals surface area contributed by atoms with Crippen LogP contribution in [0.1, 0.15) is 19.4 Å². The smallest absolute Gasteiger partial charge is 0.376 e. The molecule has 3 rings (SSSR count). The van der Waals surface area contributed by atoms with E-state index in [1.807, 2.05) is 0 Å². The van der Waals surface area contributed by atoms with E-state index in [2.05, 4.69) is 34.4 Å². The quantitative estimate of drug-likeness (QED) is 0.510. The highest BCUT2D eigenvalue weighted by atomic mass is 32.2. The minimum atomic E-state index is -4.89. The lowest BCUT2D eigenvalue weighted by Gasteiger charge is -2.38. The van der Waals surface area contributed by atoms with Gasteiger partial charge in [-0.15, -0.1) is 18.5 Å². The molecule has 1 aliphatic heterocycles. The summed E-state index contributed by atoms with van der Waals surface area (Å²) in [5.41, 5.74) is -3.60. The van der Waals surface area contributed by atoms with E-state index >= 15 is 0 Å². The number of aliphatic hydroxyl groups is 1. The molecule has 32 heavy (non-hydrogen) atoms. The second-order valence-corrected chi connectivity index (χ2v) is 9.66. The van der Waals surface area contributed by atoms with Crippen molar-refractivity contribution in [1.82, 2.24) is 14.3 Å². The lowest BCUT2D eigenvalue weighted by Crippen LogP contribution is -2.55. The molecule has 1 aromatic heterocycles. The summed E-state index contributed by atoms with van der Waals surface area (Å²) in [6, 6.07) is 5.73. The Kier molecular flexibility index (Phi) is 6.76. The summed E-state index contributed by atoms with van der Waals surface area (Å²) in [5.74, 6) is 5.74. The number of rotatable bonds is 4. The largest absolute Gasteiger partial charge is 0.421 e. The van der Waals surface area contributed by atoms with Gasteiger partial charge in [-0.1, -0.05) is 18.1 Å². The molecular formula is C20H21F3N4O3S2. The van der Waals surface area contributed by atoms with Crippen LogP contribution in [0.2, 0.25) is 0 Å². The van der Waals surface area contributed by atoms with E-state index in [1.165, 1.54) is 10.4 Å². The van der Waals surface area contributed by atoms with Crippen LogP contribution in [-0.2, 0) is 15.6 Å². The minimum Gasteiger partial charge on any atom is -0.376 e. The zero-order valence-electron chi connectivity index (χ0n) is 17.2. The Labute approximate surface area is 189 Å². The van der Waals surface area contributed by atoms with E-state index in [-0.39, 0.29) is 30.5 Å². The molecule has 1 aliphatic rings. The van der Waals surface area contributed by atoms with Gasteiger partial charge in [-0.3, -0.25) is 0 Å². The Balaban J connectivity index is 1.86.